The first-order chi connectivity index (χ1) is 12.0. The van der Waals surface area contributed by atoms with Gasteiger partial charge >= 0.3 is 11.9 Å². The highest BCUT2D eigenvalue weighted by molar-refractivity contribution is 5.76. The summed E-state index contributed by atoms with van der Waals surface area (Å²) in [6, 6.07) is 9.56. The standard InChI is InChI=1S/C18H22O7/c1-10-14-13(9-22-18(25-14)12-7-5-4-6-8-12)24-16(17(20)21-3)15(10)23-11(2)19/h4-8,10,13-16,18H,9H2,1-3H3/t10?,13?,14-,15?,16-,18?/m1/s1. The van der Waals surface area contributed by atoms with Gasteiger partial charge in [-0.15, -0.1) is 0 Å². The summed E-state index contributed by atoms with van der Waals surface area (Å²) in [5, 5.41) is 0. The first kappa shape index (κ1) is 17.8. The van der Waals surface area contributed by atoms with Gasteiger partial charge in [-0.3, -0.25) is 4.79 Å². The zero-order chi connectivity index (χ0) is 18.0. The van der Waals surface area contributed by atoms with E-state index < -0.39 is 36.5 Å². The zero-order valence-corrected chi connectivity index (χ0v) is 14.4. The van der Waals surface area contributed by atoms with Gasteiger partial charge in [-0.05, 0) is 0 Å². The van der Waals surface area contributed by atoms with Crippen molar-refractivity contribution in [3.63, 3.8) is 0 Å². The lowest BCUT2D eigenvalue weighted by Crippen LogP contribution is -2.61. The largest absolute Gasteiger partial charge is 0.467 e. The summed E-state index contributed by atoms with van der Waals surface area (Å²) in [7, 11) is 1.27. The number of carbonyl (C=O) groups is 2. The molecule has 0 saturated carbocycles. The van der Waals surface area contributed by atoms with Gasteiger partial charge in [0.05, 0.1) is 19.8 Å². The van der Waals surface area contributed by atoms with E-state index in [-0.39, 0.29) is 18.6 Å². The fraction of sp³-hybridized carbons (Fsp3) is 0.556. The third-order valence-corrected chi connectivity index (χ3v) is 4.52. The minimum absolute atomic E-state index is 0.262. The number of hydrogen-bond donors (Lipinski definition) is 0. The normalized spacial score (nSPS) is 34.7. The van der Waals surface area contributed by atoms with Gasteiger partial charge in [-0.1, -0.05) is 37.3 Å². The number of ether oxygens (including phenoxy) is 5. The Morgan fingerprint density at radius 2 is 1.88 bits per heavy atom. The lowest BCUT2D eigenvalue weighted by Gasteiger charge is -2.47. The minimum Gasteiger partial charge on any atom is -0.467 e. The quantitative estimate of drug-likeness (QED) is 0.766. The molecule has 0 radical (unpaired) electrons. The number of methoxy groups -OCH3 is 1. The van der Waals surface area contributed by atoms with E-state index in [2.05, 4.69) is 0 Å². The van der Waals surface area contributed by atoms with Gasteiger partial charge in [-0.25, -0.2) is 4.79 Å². The molecule has 3 rings (SSSR count). The maximum Gasteiger partial charge on any atom is 0.338 e. The van der Waals surface area contributed by atoms with Gasteiger partial charge in [0.15, 0.2) is 12.4 Å². The summed E-state index contributed by atoms with van der Waals surface area (Å²) in [5.41, 5.74) is 0.896. The second kappa shape index (κ2) is 7.51. The monoisotopic (exact) mass is 350 g/mol. The summed E-state index contributed by atoms with van der Waals surface area (Å²) < 4.78 is 27.8. The zero-order valence-electron chi connectivity index (χ0n) is 14.4. The van der Waals surface area contributed by atoms with Crippen LogP contribution in [0, 0.1) is 5.92 Å². The van der Waals surface area contributed by atoms with Crippen molar-refractivity contribution in [1.29, 1.82) is 0 Å². The Morgan fingerprint density at radius 1 is 1.16 bits per heavy atom. The van der Waals surface area contributed by atoms with Crippen molar-refractivity contribution < 1.29 is 33.3 Å². The molecular formula is C18H22O7. The average molecular weight is 350 g/mol. The summed E-state index contributed by atoms with van der Waals surface area (Å²) in [6.45, 7) is 3.44. The maximum atomic E-state index is 12.0. The van der Waals surface area contributed by atoms with Crippen LogP contribution in [-0.4, -0.2) is 50.1 Å². The highest BCUT2D eigenvalue weighted by atomic mass is 16.7. The van der Waals surface area contributed by atoms with Crippen LogP contribution < -0.4 is 0 Å². The van der Waals surface area contributed by atoms with Crippen LogP contribution in [0.4, 0.5) is 0 Å². The Kier molecular flexibility index (Phi) is 5.36. The van der Waals surface area contributed by atoms with Gasteiger partial charge in [0.1, 0.15) is 12.2 Å². The molecule has 2 fully saturated rings. The van der Waals surface area contributed by atoms with Crippen molar-refractivity contribution in [2.24, 2.45) is 5.92 Å². The predicted molar refractivity (Wildman–Crippen MR) is 85.4 cm³/mol. The highest BCUT2D eigenvalue weighted by Crippen LogP contribution is 2.38. The van der Waals surface area contributed by atoms with Crippen LogP contribution in [0.5, 0.6) is 0 Å². The lowest BCUT2D eigenvalue weighted by atomic mass is 9.86. The molecule has 2 aliphatic rings. The number of fused-ring (bicyclic) bond motifs is 1. The summed E-state index contributed by atoms with van der Waals surface area (Å²) in [5.74, 6) is -1.33. The molecule has 2 saturated heterocycles. The minimum atomic E-state index is -0.995. The molecule has 25 heavy (non-hydrogen) atoms. The van der Waals surface area contributed by atoms with Crippen LogP contribution in [0.1, 0.15) is 25.7 Å². The molecule has 0 amide bonds. The van der Waals surface area contributed by atoms with E-state index in [4.69, 9.17) is 23.7 Å². The van der Waals surface area contributed by atoms with Gasteiger partial charge in [0, 0.05) is 18.4 Å². The van der Waals surface area contributed by atoms with E-state index >= 15 is 0 Å². The number of hydrogen-bond acceptors (Lipinski definition) is 7. The molecule has 0 aliphatic carbocycles. The second-order valence-electron chi connectivity index (χ2n) is 6.23. The van der Waals surface area contributed by atoms with Crippen molar-refractivity contribution >= 4 is 11.9 Å². The Labute approximate surface area is 146 Å². The van der Waals surface area contributed by atoms with E-state index in [0.29, 0.717) is 0 Å². The number of rotatable bonds is 3. The average Bonchev–Trinajstić information content (AvgIpc) is 2.63. The summed E-state index contributed by atoms with van der Waals surface area (Å²) in [6.07, 6.45) is -3.11. The number of benzene rings is 1. The number of carbonyl (C=O) groups excluding carboxylic acids is 2. The lowest BCUT2D eigenvalue weighted by molar-refractivity contribution is -0.316. The van der Waals surface area contributed by atoms with Crippen molar-refractivity contribution in [2.45, 2.75) is 44.6 Å². The van der Waals surface area contributed by atoms with Gasteiger partial charge in [-0.2, -0.15) is 0 Å². The Bertz CT molecular complexity index is 617. The number of esters is 2. The third kappa shape index (κ3) is 3.68. The second-order valence-corrected chi connectivity index (χ2v) is 6.23. The third-order valence-electron chi connectivity index (χ3n) is 4.52. The van der Waals surface area contributed by atoms with Crippen LogP contribution in [0.3, 0.4) is 0 Å². The highest BCUT2D eigenvalue weighted by Gasteiger charge is 2.52. The van der Waals surface area contributed by atoms with Gasteiger partial charge < -0.3 is 23.7 Å². The van der Waals surface area contributed by atoms with Crippen LogP contribution >= 0.6 is 0 Å². The Hall–Kier alpha value is -1.96. The van der Waals surface area contributed by atoms with Gasteiger partial charge in [0.2, 0.25) is 0 Å². The first-order valence-corrected chi connectivity index (χ1v) is 8.23. The molecule has 7 heteroatoms. The smallest absolute Gasteiger partial charge is 0.338 e. The molecule has 136 valence electrons. The van der Waals surface area contributed by atoms with E-state index in [9.17, 15) is 9.59 Å². The van der Waals surface area contributed by atoms with E-state index in [0.717, 1.165) is 5.56 Å². The Balaban J connectivity index is 1.80. The molecule has 1 aromatic rings. The van der Waals surface area contributed by atoms with E-state index in [1.807, 2.05) is 37.3 Å². The molecular weight excluding hydrogens is 328 g/mol. The fourth-order valence-corrected chi connectivity index (χ4v) is 3.31. The van der Waals surface area contributed by atoms with E-state index in [1.54, 1.807) is 0 Å². The molecule has 6 atom stereocenters. The first-order valence-electron chi connectivity index (χ1n) is 8.23. The maximum absolute atomic E-state index is 12.0. The van der Waals surface area contributed by atoms with Crippen molar-refractivity contribution in [2.75, 3.05) is 13.7 Å². The molecule has 1 aromatic carbocycles. The molecule has 4 unspecified atom stereocenters. The molecule has 7 nitrogen and oxygen atoms in total. The topological polar surface area (TPSA) is 80.3 Å². The molecule has 2 aliphatic heterocycles. The van der Waals surface area contributed by atoms with Crippen LogP contribution in [0.25, 0.3) is 0 Å². The molecule has 0 spiro atoms. The van der Waals surface area contributed by atoms with Gasteiger partial charge in [0.25, 0.3) is 0 Å². The predicted octanol–water partition coefficient (Wildman–Crippen LogP) is 1.61. The molecule has 2 heterocycles. The van der Waals surface area contributed by atoms with Crippen molar-refractivity contribution in [3.8, 4) is 0 Å². The van der Waals surface area contributed by atoms with Crippen LogP contribution in [0.15, 0.2) is 30.3 Å². The Morgan fingerprint density at radius 3 is 2.52 bits per heavy atom. The SMILES string of the molecule is COC(=O)[C@@H]1OC2COC(c3ccccc3)O[C@@H]2C(C)C1OC(C)=O. The summed E-state index contributed by atoms with van der Waals surface area (Å²) >= 11 is 0. The van der Waals surface area contributed by atoms with Crippen LogP contribution in [0.2, 0.25) is 0 Å². The fourth-order valence-electron chi connectivity index (χ4n) is 3.31. The summed E-state index contributed by atoms with van der Waals surface area (Å²) in [4.78, 5) is 23.5. The molecule has 0 N–H and O–H groups in total. The van der Waals surface area contributed by atoms with Crippen LogP contribution in [-0.2, 0) is 33.3 Å². The molecule has 0 aromatic heterocycles. The van der Waals surface area contributed by atoms with Crippen molar-refractivity contribution in [3.05, 3.63) is 35.9 Å². The molecule has 0 bridgehead atoms. The van der Waals surface area contributed by atoms with Crippen molar-refractivity contribution in [1.82, 2.24) is 0 Å². The van der Waals surface area contributed by atoms with E-state index in [1.165, 1.54) is 14.0 Å².